The molecule has 0 unspecified atom stereocenters. The van der Waals surface area contributed by atoms with E-state index in [1.165, 1.54) is 25.3 Å². The number of carbonyl (C=O) groups is 3. The lowest BCUT2D eigenvalue weighted by Crippen LogP contribution is -2.47. The summed E-state index contributed by atoms with van der Waals surface area (Å²) in [7, 11) is 1.52. The van der Waals surface area contributed by atoms with Crippen LogP contribution >= 0.6 is 11.6 Å². The Hall–Kier alpha value is -3.26. The van der Waals surface area contributed by atoms with E-state index in [2.05, 4.69) is 10.7 Å². The zero-order valence-corrected chi connectivity index (χ0v) is 15.2. The number of hydrogen-bond donors (Lipinski definition) is 3. The Morgan fingerprint density at radius 3 is 2.48 bits per heavy atom. The molecule has 27 heavy (non-hydrogen) atoms. The van der Waals surface area contributed by atoms with E-state index in [-0.39, 0.29) is 16.3 Å². The maximum Gasteiger partial charge on any atom is 0.344 e. The Labute approximate surface area is 159 Å². The molecule has 1 saturated heterocycles. The number of carbonyl (C=O) groups excluding carboxylic acids is 3. The molecule has 1 aliphatic heterocycles. The highest BCUT2D eigenvalue weighted by Crippen LogP contribution is 2.29. The van der Waals surface area contributed by atoms with Gasteiger partial charge in [-0.3, -0.25) is 15.0 Å². The van der Waals surface area contributed by atoms with Gasteiger partial charge >= 0.3 is 6.03 Å². The third kappa shape index (κ3) is 3.26. The Balaban J connectivity index is 1.82. The summed E-state index contributed by atoms with van der Waals surface area (Å²) in [6, 6.07) is 9.66. The van der Waals surface area contributed by atoms with E-state index in [1.54, 1.807) is 31.2 Å². The number of rotatable bonds is 4. The van der Waals surface area contributed by atoms with Gasteiger partial charge in [0.05, 0.1) is 12.1 Å². The van der Waals surface area contributed by atoms with Crippen LogP contribution in [0.25, 0.3) is 0 Å². The summed E-state index contributed by atoms with van der Waals surface area (Å²) < 4.78 is 5.09. The summed E-state index contributed by atoms with van der Waals surface area (Å²) in [6.07, 6.45) is 0. The fourth-order valence-electron chi connectivity index (χ4n) is 2.67. The molecule has 8 nitrogen and oxygen atoms in total. The van der Waals surface area contributed by atoms with E-state index in [0.717, 1.165) is 0 Å². The molecular weight excluding hydrogens is 374 g/mol. The minimum atomic E-state index is -1.34. The fraction of sp³-hybridized carbons (Fsp3) is 0.167. The van der Waals surface area contributed by atoms with Gasteiger partial charge in [-0.25, -0.2) is 4.79 Å². The lowest BCUT2D eigenvalue weighted by molar-refractivity contribution is -0.132. The largest absolute Gasteiger partial charge is 0.506 e. The van der Waals surface area contributed by atoms with Crippen LogP contribution in [-0.2, 0) is 10.3 Å². The number of halogens is 1. The van der Waals surface area contributed by atoms with Gasteiger partial charge in [-0.1, -0.05) is 23.7 Å². The summed E-state index contributed by atoms with van der Waals surface area (Å²) in [6.45, 7) is 1.54. The van der Waals surface area contributed by atoms with Gasteiger partial charge in [-0.2, -0.15) is 5.01 Å². The molecule has 3 rings (SSSR count). The van der Waals surface area contributed by atoms with Gasteiger partial charge in [0.15, 0.2) is 0 Å². The van der Waals surface area contributed by atoms with Crippen molar-refractivity contribution in [1.82, 2.24) is 15.8 Å². The number of hydrazine groups is 1. The molecule has 0 aliphatic carbocycles. The van der Waals surface area contributed by atoms with E-state index < -0.39 is 23.4 Å². The van der Waals surface area contributed by atoms with Gasteiger partial charge in [0.2, 0.25) is 0 Å². The third-order valence-electron chi connectivity index (χ3n) is 4.28. The predicted octanol–water partition coefficient (Wildman–Crippen LogP) is 2.17. The average Bonchev–Trinajstić information content (AvgIpc) is 2.88. The Kier molecular flexibility index (Phi) is 4.67. The number of amides is 4. The lowest BCUT2D eigenvalue weighted by Gasteiger charge is -2.22. The zero-order chi connectivity index (χ0) is 19.8. The molecule has 2 aromatic carbocycles. The maximum absolute atomic E-state index is 12.8. The second-order valence-corrected chi connectivity index (χ2v) is 6.44. The third-order valence-corrected chi connectivity index (χ3v) is 4.58. The van der Waals surface area contributed by atoms with Crippen molar-refractivity contribution in [3.05, 3.63) is 58.6 Å². The molecule has 1 atom stereocenters. The Morgan fingerprint density at radius 1 is 1.22 bits per heavy atom. The number of ether oxygens (including phenoxy) is 1. The van der Waals surface area contributed by atoms with E-state index in [9.17, 15) is 19.5 Å². The van der Waals surface area contributed by atoms with Crippen LogP contribution in [0, 0.1) is 0 Å². The highest BCUT2D eigenvalue weighted by Gasteiger charge is 2.50. The minimum Gasteiger partial charge on any atom is -0.506 e. The maximum atomic E-state index is 12.8. The first kappa shape index (κ1) is 18.5. The van der Waals surface area contributed by atoms with Crippen molar-refractivity contribution in [2.24, 2.45) is 0 Å². The zero-order valence-electron chi connectivity index (χ0n) is 14.4. The number of nitrogens with one attached hydrogen (secondary N) is 2. The van der Waals surface area contributed by atoms with Crippen LogP contribution in [0.4, 0.5) is 4.79 Å². The van der Waals surface area contributed by atoms with Crippen LogP contribution < -0.4 is 15.5 Å². The van der Waals surface area contributed by atoms with Crippen molar-refractivity contribution >= 4 is 29.4 Å². The fourth-order valence-corrected chi connectivity index (χ4v) is 2.86. The quantitative estimate of drug-likeness (QED) is 0.694. The predicted molar refractivity (Wildman–Crippen MR) is 96.3 cm³/mol. The van der Waals surface area contributed by atoms with Gasteiger partial charge < -0.3 is 15.2 Å². The Bertz CT molecular complexity index is 931. The van der Waals surface area contributed by atoms with Crippen molar-refractivity contribution in [3.63, 3.8) is 0 Å². The van der Waals surface area contributed by atoms with Gasteiger partial charge in [0, 0.05) is 5.56 Å². The van der Waals surface area contributed by atoms with Crippen LogP contribution in [0.2, 0.25) is 5.02 Å². The number of methoxy groups -OCH3 is 1. The van der Waals surface area contributed by atoms with Crippen molar-refractivity contribution in [2.45, 2.75) is 12.5 Å². The first-order valence-electron chi connectivity index (χ1n) is 7.87. The SMILES string of the molecule is COc1ccc([C@]2(C)NC(=O)N(NC(=O)c3ccc(O)c(Cl)c3)C2=O)cc1. The minimum absolute atomic E-state index is 0.0251. The molecule has 0 radical (unpaired) electrons. The van der Waals surface area contributed by atoms with Crippen LogP contribution in [0.3, 0.4) is 0 Å². The van der Waals surface area contributed by atoms with E-state index in [4.69, 9.17) is 16.3 Å². The summed E-state index contributed by atoms with van der Waals surface area (Å²) in [5.41, 5.74) is 1.53. The summed E-state index contributed by atoms with van der Waals surface area (Å²) in [5, 5.41) is 12.6. The van der Waals surface area contributed by atoms with Crippen molar-refractivity contribution in [1.29, 1.82) is 0 Å². The monoisotopic (exact) mass is 389 g/mol. The molecule has 0 spiro atoms. The molecule has 9 heteroatoms. The van der Waals surface area contributed by atoms with E-state index >= 15 is 0 Å². The summed E-state index contributed by atoms with van der Waals surface area (Å²) in [5.74, 6) is -0.945. The normalized spacial score (nSPS) is 19.0. The van der Waals surface area contributed by atoms with Gasteiger partial charge in [0.25, 0.3) is 11.8 Å². The van der Waals surface area contributed by atoms with Gasteiger partial charge in [-0.15, -0.1) is 0 Å². The van der Waals surface area contributed by atoms with Gasteiger partial charge in [-0.05, 0) is 42.8 Å². The number of benzene rings is 2. The molecule has 1 fully saturated rings. The second kappa shape index (κ2) is 6.81. The second-order valence-electron chi connectivity index (χ2n) is 6.03. The standard InChI is InChI=1S/C18H16ClN3O5/c1-18(11-4-6-12(27-2)7-5-11)16(25)22(17(26)20-18)21-15(24)10-3-8-14(23)13(19)9-10/h3-9,23H,1-2H3,(H,20,26)(H,21,24)/t18-/m0/s1. The van der Waals surface area contributed by atoms with Gasteiger partial charge in [0.1, 0.15) is 17.0 Å². The number of urea groups is 1. The topological polar surface area (TPSA) is 108 Å². The van der Waals surface area contributed by atoms with Crippen molar-refractivity contribution < 1.29 is 24.2 Å². The van der Waals surface area contributed by atoms with Crippen LogP contribution in [0.1, 0.15) is 22.8 Å². The van der Waals surface area contributed by atoms with Crippen molar-refractivity contribution in [3.8, 4) is 11.5 Å². The number of phenols is 1. The molecule has 0 aromatic heterocycles. The highest BCUT2D eigenvalue weighted by molar-refractivity contribution is 6.32. The van der Waals surface area contributed by atoms with E-state index in [0.29, 0.717) is 16.3 Å². The average molecular weight is 390 g/mol. The molecule has 2 aromatic rings. The molecule has 1 heterocycles. The number of phenolic OH excluding ortho intramolecular Hbond substituents is 1. The summed E-state index contributed by atoms with van der Waals surface area (Å²) >= 11 is 5.78. The highest BCUT2D eigenvalue weighted by atomic mass is 35.5. The molecule has 1 aliphatic rings. The molecule has 0 saturated carbocycles. The molecular formula is C18H16ClN3O5. The first-order valence-corrected chi connectivity index (χ1v) is 8.25. The van der Waals surface area contributed by atoms with E-state index in [1.807, 2.05) is 0 Å². The number of nitrogens with zero attached hydrogens (tertiary/aromatic N) is 1. The van der Waals surface area contributed by atoms with Crippen LogP contribution in [-0.4, -0.2) is 35.1 Å². The number of hydrogen-bond acceptors (Lipinski definition) is 5. The molecule has 4 amide bonds. The molecule has 140 valence electrons. The van der Waals surface area contributed by atoms with Crippen LogP contribution in [0.5, 0.6) is 11.5 Å². The molecule has 0 bridgehead atoms. The molecule has 3 N–H and O–H groups in total. The number of imide groups is 1. The van der Waals surface area contributed by atoms with Crippen molar-refractivity contribution in [2.75, 3.05) is 7.11 Å². The Morgan fingerprint density at radius 2 is 1.89 bits per heavy atom. The number of aromatic hydroxyl groups is 1. The lowest BCUT2D eigenvalue weighted by atomic mass is 9.92. The summed E-state index contributed by atoms with van der Waals surface area (Å²) in [4.78, 5) is 37.4. The smallest absolute Gasteiger partial charge is 0.344 e. The van der Waals surface area contributed by atoms with Crippen LogP contribution in [0.15, 0.2) is 42.5 Å². The first-order chi connectivity index (χ1) is 12.8.